The van der Waals surface area contributed by atoms with E-state index in [1.165, 1.54) is 24.3 Å². The van der Waals surface area contributed by atoms with E-state index in [4.69, 9.17) is 16.0 Å². The lowest BCUT2D eigenvalue weighted by Gasteiger charge is -2.14. The molecule has 5 aromatic rings. The largest absolute Gasteiger partial charge is 0.443 e. The van der Waals surface area contributed by atoms with Gasteiger partial charge in [0.05, 0.1) is 17.1 Å². The number of rotatable bonds is 7. The van der Waals surface area contributed by atoms with Crippen LogP contribution >= 0.6 is 22.9 Å². The molecule has 12 heteroatoms. The SMILES string of the molecule is Cc1nc(-c2ccccc2)sc1S(=O)(=O)Nc1ccc(Cl)cc1NS(=O)(=O)c1cc2ccccc2o1. The maximum atomic E-state index is 13.3. The number of hydrogen-bond acceptors (Lipinski definition) is 7. The van der Waals surface area contributed by atoms with Gasteiger partial charge in [0.1, 0.15) is 10.6 Å². The Morgan fingerprint density at radius 2 is 1.53 bits per heavy atom. The van der Waals surface area contributed by atoms with Crippen LogP contribution in [0, 0.1) is 6.92 Å². The van der Waals surface area contributed by atoms with Crippen molar-refractivity contribution in [3.63, 3.8) is 0 Å². The summed E-state index contributed by atoms with van der Waals surface area (Å²) in [6, 6.07) is 21.6. The van der Waals surface area contributed by atoms with E-state index in [9.17, 15) is 16.8 Å². The Labute approximate surface area is 216 Å². The van der Waals surface area contributed by atoms with Crippen LogP contribution in [0.2, 0.25) is 5.02 Å². The smallest absolute Gasteiger partial charge is 0.295 e. The second-order valence-electron chi connectivity index (χ2n) is 7.76. The maximum Gasteiger partial charge on any atom is 0.295 e. The molecule has 0 radical (unpaired) electrons. The van der Waals surface area contributed by atoms with Crippen molar-refractivity contribution in [1.29, 1.82) is 0 Å². The zero-order valence-corrected chi connectivity index (χ0v) is 21.8. The molecule has 2 N–H and O–H groups in total. The third kappa shape index (κ3) is 4.82. The van der Waals surface area contributed by atoms with Gasteiger partial charge in [0, 0.05) is 22.0 Å². The van der Waals surface area contributed by atoms with Gasteiger partial charge in [-0.05, 0) is 31.2 Å². The highest BCUT2D eigenvalue weighted by Gasteiger charge is 2.26. The quantitative estimate of drug-likeness (QED) is 0.248. The minimum Gasteiger partial charge on any atom is -0.443 e. The summed E-state index contributed by atoms with van der Waals surface area (Å²) in [5.41, 5.74) is 1.45. The molecule has 2 heterocycles. The van der Waals surface area contributed by atoms with Crippen LogP contribution in [0.25, 0.3) is 21.5 Å². The highest BCUT2D eigenvalue weighted by atomic mass is 35.5. The molecule has 0 amide bonds. The molecule has 8 nitrogen and oxygen atoms in total. The Morgan fingerprint density at radius 3 is 2.28 bits per heavy atom. The van der Waals surface area contributed by atoms with Gasteiger partial charge in [-0.1, -0.05) is 60.1 Å². The molecule has 0 saturated carbocycles. The number of sulfonamides is 2. The molecule has 2 aromatic heterocycles. The van der Waals surface area contributed by atoms with Crippen molar-refractivity contribution >= 4 is 65.3 Å². The van der Waals surface area contributed by atoms with Crippen LogP contribution < -0.4 is 9.44 Å². The summed E-state index contributed by atoms with van der Waals surface area (Å²) in [7, 11) is -8.30. The summed E-state index contributed by atoms with van der Waals surface area (Å²) in [5.74, 6) is 0. The number of fused-ring (bicyclic) bond motifs is 1. The van der Waals surface area contributed by atoms with Crippen LogP contribution in [0.5, 0.6) is 0 Å². The van der Waals surface area contributed by atoms with E-state index in [0.717, 1.165) is 16.9 Å². The minimum absolute atomic E-state index is 0.00635. The first-order valence-corrected chi connectivity index (χ1v) is 14.7. The Hall–Kier alpha value is -3.38. The first-order valence-electron chi connectivity index (χ1n) is 10.5. The number of furan rings is 1. The molecule has 184 valence electrons. The summed E-state index contributed by atoms with van der Waals surface area (Å²) in [5, 5.41) is 1.05. The molecule has 0 unspecified atom stereocenters. The molecule has 3 aromatic carbocycles. The van der Waals surface area contributed by atoms with E-state index in [2.05, 4.69) is 14.4 Å². The predicted octanol–water partition coefficient (Wildman–Crippen LogP) is 6.12. The van der Waals surface area contributed by atoms with Gasteiger partial charge in [0.15, 0.2) is 4.21 Å². The molecule has 0 aliphatic heterocycles. The van der Waals surface area contributed by atoms with E-state index in [1.54, 1.807) is 31.2 Å². The van der Waals surface area contributed by atoms with Crippen LogP contribution in [0.3, 0.4) is 0 Å². The molecule has 0 fully saturated rings. The second kappa shape index (κ2) is 9.25. The Bertz CT molecular complexity index is 1760. The number of thiazole rings is 1. The van der Waals surface area contributed by atoms with E-state index in [0.29, 0.717) is 21.7 Å². The lowest BCUT2D eigenvalue weighted by molar-refractivity contribution is 0.484. The van der Waals surface area contributed by atoms with Crippen LogP contribution in [-0.4, -0.2) is 21.8 Å². The van der Waals surface area contributed by atoms with Gasteiger partial charge in [-0.25, -0.2) is 13.4 Å². The van der Waals surface area contributed by atoms with E-state index in [1.807, 2.05) is 30.3 Å². The van der Waals surface area contributed by atoms with Gasteiger partial charge in [-0.3, -0.25) is 9.44 Å². The second-order valence-corrected chi connectivity index (χ2v) is 12.7. The fourth-order valence-corrected chi connectivity index (χ4v) is 7.32. The van der Waals surface area contributed by atoms with Gasteiger partial charge in [-0.2, -0.15) is 8.42 Å². The number of nitrogens with one attached hydrogen (secondary N) is 2. The molecule has 0 aliphatic rings. The molecule has 0 spiro atoms. The minimum atomic E-state index is -4.19. The third-order valence-electron chi connectivity index (χ3n) is 5.16. The van der Waals surface area contributed by atoms with E-state index < -0.39 is 20.0 Å². The monoisotopic (exact) mass is 559 g/mol. The number of nitrogens with zero attached hydrogens (tertiary/aromatic N) is 1. The predicted molar refractivity (Wildman–Crippen MR) is 142 cm³/mol. The summed E-state index contributed by atoms with van der Waals surface area (Å²) in [6.45, 7) is 1.60. The number of anilines is 2. The Balaban J connectivity index is 1.48. The lowest BCUT2D eigenvalue weighted by atomic mass is 10.2. The van der Waals surface area contributed by atoms with Crippen LogP contribution in [0.1, 0.15) is 5.69 Å². The van der Waals surface area contributed by atoms with Gasteiger partial charge >= 0.3 is 0 Å². The lowest BCUT2D eigenvalue weighted by Crippen LogP contribution is -2.17. The summed E-state index contributed by atoms with van der Waals surface area (Å²) in [4.78, 5) is 4.40. The highest BCUT2D eigenvalue weighted by molar-refractivity contribution is 7.95. The zero-order valence-electron chi connectivity index (χ0n) is 18.6. The average Bonchev–Trinajstić information content (AvgIpc) is 3.46. The summed E-state index contributed by atoms with van der Waals surface area (Å²) >= 11 is 7.12. The average molecular weight is 560 g/mol. The number of para-hydroxylation sites is 1. The van der Waals surface area contributed by atoms with Gasteiger partial charge in [0.25, 0.3) is 20.0 Å². The Kier molecular flexibility index (Phi) is 6.25. The summed E-state index contributed by atoms with van der Waals surface area (Å²) < 4.78 is 63.0. The molecule has 5 rings (SSSR count). The van der Waals surface area contributed by atoms with Crippen molar-refractivity contribution in [3.8, 4) is 10.6 Å². The van der Waals surface area contributed by atoms with Crippen molar-refractivity contribution in [2.75, 3.05) is 9.44 Å². The first kappa shape index (κ1) is 24.3. The first-order chi connectivity index (χ1) is 17.1. The fraction of sp³-hybridized carbons (Fsp3) is 0.0417. The van der Waals surface area contributed by atoms with E-state index in [-0.39, 0.29) is 25.7 Å². The van der Waals surface area contributed by atoms with E-state index >= 15 is 0 Å². The number of hydrogen-bond donors (Lipinski definition) is 2. The maximum absolute atomic E-state index is 13.3. The molecule has 36 heavy (non-hydrogen) atoms. The molecule has 0 bridgehead atoms. The number of benzene rings is 3. The van der Waals surface area contributed by atoms with Crippen molar-refractivity contribution in [1.82, 2.24) is 4.98 Å². The number of aryl methyl sites for hydroxylation is 1. The molecule has 0 saturated heterocycles. The third-order valence-corrected chi connectivity index (χ3v) is 9.79. The topological polar surface area (TPSA) is 118 Å². The van der Waals surface area contributed by atoms with Crippen molar-refractivity contribution in [3.05, 3.63) is 89.6 Å². The normalized spacial score (nSPS) is 12.1. The van der Waals surface area contributed by atoms with Gasteiger partial charge < -0.3 is 4.42 Å². The van der Waals surface area contributed by atoms with Crippen LogP contribution in [-0.2, 0) is 20.0 Å². The van der Waals surface area contributed by atoms with Crippen molar-refractivity contribution in [2.24, 2.45) is 0 Å². The molecular formula is C24H18ClN3O5S3. The van der Waals surface area contributed by atoms with Gasteiger partial charge in [-0.15, -0.1) is 11.3 Å². The van der Waals surface area contributed by atoms with Gasteiger partial charge in [0.2, 0.25) is 5.09 Å². The Morgan fingerprint density at radius 1 is 0.833 bits per heavy atom. The molecular weight excluding hydrogens is 542 g/mol. The molecule has 0 atom stereocenters. The van der Waals surface area contributed by atoms with Crippen molar-refractivity contribution in [2.45, 2.75) is 16.2 Å². The van der Waals surface area contributed by atoms with Crippen LogP contribution in [0.15, 0.2) is 92.6 Å². The standard InChI is InChI=1S/C24H18ClN3O5S3/c1-15-24(34-23(26-15)16-7-3-2-4-8-16)36(31,32)27-19-12-11-18(25)14-20(19)28-35(29,30)22-13-17-9-5-6-10-21(17)33-22/h2-14,27-28H,1H3. The number of aromatic nitrogens is 1. The molecule has 0 aliphatic carbocycles. The fourth-order valence-electron chi connectivity index (χ4n) is 3.50. The number of halogens is 1. The van der Waals surface area contributed by atoms with Crippen molar-refractivity contribution < 1.29 is 21.3 Å². The zero-order chi connectivity index (χ0) is 25.5. The summed E-state index contributed by atoms with van der Waals surface area (Å²) in [6.07, 6.45) is 0. The highest BCUT2D eigenvalue weighted by Crippen LogP contribution is 2.35. The van der Waals surface area contributed by atoms with Crippen LogP contribution in [0.4, 0.5) is 11.4 Å².